The fourth-order valence-electron chi connectivity index (χ4n) is 1.87. The van der Waals surface area contributed by atoms with Gasteiger partial charge in [0.15, 0.2) is 9.84 Å². The Labute approximate surface area is 105 Å². The van der Waals surface area contributed by atoms with Crippen LogP contribution in [0.15, 0.2) is 0 Å². The molecule has 1 saturated heterocycles. The highest BCUT2D eigenvalue weighted by Gasteiger charge is 2.33. The Balaban J connectivity index is 2.79. The molecule has 1 heterocycles. The van der Waals surface area contributed by atoms with Gasteiger partial charge >= 0.3 is 0 Å². The summed E-state index contributed by atoms with van der Waals surface area (Å²) in [6.45, 7) is 2.15. The lowest BCUT2D eigenvalue weighted by Crippen LogP contribution is -2.49. The van der Waals surface area contributed by atoms with Crippen molar-refractivity contribution in [1.82, 2.24) is 4.90 Å². The molecule has 0 aromatic rings. The second-order valence-electron chi connectivity index (χ2n) is 4.31. The molecule has 0 aromatic carbocycles. The molecule has 0 spiro atoms. The van der Waals surface area contributed by atoms with E-state index in [1.54, 1.807) is 4.90 Å². The van der Waals surface area contributed by atoms with Crippen LogP contribution >= 0.6 is 15.9 Å². The molecule has 2 unspecified atom stereocenters. The van der Waals surface area contributed by atoms with Crippen LogP contribution < -0.4 is 0 Å². The molecule has 1 rings (SSSR count). The van der Waals surface area contributed by atoms with Crippen LogP contribution in [0.3, 0.4) is 0 Å². The summed E-state index contributed by atoms with van der Waals surface area (Å²) < 4.78 is 22.7. The molecule has 0 radical (unpaired) electrons. The maximum atomic E-state index is 12.0. The first-order valence-electron chi connectivity index (χ1n) is 5.43. The molecule has 1 aliphatic rings. The lowest BCUT2D eigenvalue weighted by atomic mass is 10.0. The number of halogens is 1. The van der Waals surface area contributed by atoms with Crippen LogP contribution in [0.2, 0.25) is 0 Å². The zero-order valence-electron chi connectivity index (χ0n) is 9.65. The standard InChI is InChI=1S/C10H18BrNO3S/c1-8(16(2,14)15)10(13)12-6-4-3-5-9(12)7-11/h8-9H,3-7H2,1-2H3. The van der Waals surface area contributed by atoms with Gasteiger partial charge in [0.25, 0.3) is 0 Å². The second-order valence-corrected chi connectivity index (χ2v) is 7.32. The van der Waals surface area contributed by atoms with Gasteiger partial charge in [-0.3, -0.25) is 4.79 Å². The van der Waals surface area contributed by atoms with Crippen molar-refractivity contribution in [3.05, 3.63) is 0 Å². The molecule has 0 aromatic heterocycles. The number of carbonyl (C=O) groups excluding carboxylic acids is 1. The zero-order chi connectivity index (χ0) is 12.3. The Morgan fingerprint density at radius 3 is 2.62 bits per heavy atom. The van der Waals surface area contributed by atoms with Gasteiger partial charge in [-0.1, -0.05) is 15.9 Å². The van der Waals surface area contributed by atoms with Gasteiger partial charge in [-0.2, -0.15) is 0 Å². The monoisotopic (exact) mass is 311 g/mol. The van der Waals surface area contributed by atoms with Crippen LogP contribution in [-0.4, -0.2) is 48.6 Å². The molecule has 4 nitrogen and oxygen atoms in total. The molecule has 1 fully saturated rings. The van der Waals surface area contributed by atoms with Gasteiger partial charge in [-0.25, -0.2) is 8.42 Å². The molecule has 0 N–H and O–H groups in total. The van der Waals surface area contributed by atoms with Crippen molar-refractivity contribution in [2.45, 2.75) is 37.5 Å². The third-order valence-electron chi connectivity index (χ3n) is 3.08. The quantitative estimate of drug-likeness (QED) is 0.736. The number of sulfone groups is 1. The molecular formula is C10H18BrNO3S. The number of hydrogen-bond donors (Lipinski definition) is 0. The van der Waals surface area contributed by atoms with Gasteiger partial charge in [-0.05, 0) is 26.2 Å². The Bertz CT molecular complexity index is 355. The Kier molecular flexibility index (Phi) is 4.79. The van der Waals surface area contributed by atoms with Crippen LogP contribution in [0, 0.1) is 0 Å². The third kappa shape index (κ3) is 3.20. The maximum absolute atomic E-state index is 12.0. The molecule has 1 aliphatic heterocycles. The van der Waals surface area contributed by atoms with Crippen molar-refractivity contribution in [1.29, 1.82) is 0 Å². The van der Waals surface area contributed by atoms with Gasteiger partial charge in [0.05, 0.1) is 0 Å². The summed E-state index contributed by atoms with van der Waals surface area (Å²) in [7, 11) is -3.29. The number of carbonyl (C=O) groups is 1. The summed E-state index contributed by atoms with van der Waals surface area (Å²) in [5.41, 5.74) is 0. The van der Waals surface area contributed by atoms with Gasteiger partial charge in [-0.15, -0.1) is 0 Å². The van der Waals surface area contributed by atoms with E-state index in [0.717, 1.165) is 30.8 Å². The zero-order valence-corrected chi connectivity index (χ0v) is 12.1. The summed E-state index contributed by atoms with van der Waals surface area (Å²) in [6, 6.07) is 0.144. The van der Waals surface area contributed by atoms with E-state index in [1.807, 2.05) is 0 Å². The Morgan fingerprint density at radius 2 is 2.12 bits per heavy atom. The number of likely N-dealkylation sites (tertiary alicyclic amines) is 1. The van der Waals surface area contributed by atoms with Gasteiger partial charge in [0.2, 0.25) is 5.91 Å². The summed E-state index contributed by atoms with van der Waals surface area (Å²) in [5.74, 6) is -0.258. The van der Waals surface area contributed by atoms with Crippen molar-refractivity contribution < 1.29 is 13.2 Å². The van der Waals surface area contributed by atoms with E-state index in [4.69, 9.17) is 0 Å². The van der Waals surface area contributed by atoms with Crippen molar-refractivity contribution in [3.63, 3.8) is 0 Å². The predicted octanol–water partition coefficient (Wildman–Crippen LogP) is 1.20. The van der Waals surface area contributed by atoms with Crippen LogP contribution in [0.4, 0.5) is 0 Å². The van der Waals surface area contributed by atoms with E-state index in [2.05, 4.69) is 15.9 Å². The number of amides is 1. The highest BCUT2D eigenvalue weighted by molar-refractivity contribution is 9.09. The van der Waals surface area contributed by atoms with Gasteiger partial charge in [0, 0.05) is 24.2 Å². The Hall–Kier alpha value is -0.100. The third-order valence-corrected chi connectivity index (χ3v) is 5.31. The number of nitrogens with zero attached hydrogens (tertiary/aromatic N) is 1. The normalized spacial score (nSPS) is 24.2. The minimum absolute atomic E-state index is 0.144. The summed E-state index contributed by atoms with van der Waals surface area (Å²) >= 11 is 3.38. The van der Waals surface area contributed by atoms with Crippen LogP contribution in [-0.2, 0) is 14.6 Å². The molecule has 16 heavy (non-hydrogen) atoms. The fourth-order valence-corrected chi connectivity index (χ4v) is 3.04. The average Bonchev–Trinajstić information content (AvgIpc) is 2.25. The second kappa shape index (κ2) is 5.49. The van der Waals surface area contributed by atoms with Gasteiger partial charge in [0.1, 0.15) is 5.25 Å². The highest BCUT2D eigenvalue weighted by Crippen LogP contribution is 2.20. The molecular weight excluding hydrogens is 294 g/mol. The largest absolute Gasteiger partial charge is 0.338 e. The van der Waals surface area contributed by atoms with E-state index in [9.17, 15) is 13.2 Å². The van der Waals surface area contributed by atoms with Crippen molar-refractivity contribution in [3.8, 4) is 0 Å². The first kappa shape index (κ1) is 14.0. The smallest absolute Gasteiger partial charge is 0.240 e. The maximum Gasteiger partial charge on any atom is 0.240 e. The fraction of sp³-hybridized carbons (Fsp3) is 0.900. The molecule has 6 heteroatoms. The molecule has 1 amide bonds. The number of hydrogen-bond acceptors (Lipinski definition) is 3. The SMILES string of the molecule is CC(C(=O)N1CCCCC1CBr)S(C)(=O)=O. The molecule has 0 bridgehead atoms. The molecule has 2 atom stereocenters. The van der Waals surface area contributed by atoms with Crippen molar-refractivity contribution >= 4 is 31.7 Å². The van der Waals surface area contributed by atoms with Crippen molar-refractivity contribution in [2.75, 3.05) is 18.1 Å². The lowest BCUT2D eigenvalue weighted by Gasteiger charge is -2.36. The van der Waals surface area contributed by atoms with E-state index in [1.165, 1.54) is 6.92 Å². The minimum Gasteiger partial charge on any atom is -0.338 e. The first-order valence-corrected chi connectivity index (χ1v) is 8.51. The van der Waals surface area contributed by atoms with Crippen LogP contribution in [0.1, 0.15) is 26.2 Å². The first-order chi connectivity index (χ1) is 7.38. The van der Waals surface area contributed by atoms with E-state index in [0.29, 0.717) is 6.54 Å². The van der Waals surface area contributed by atoms with E-state index < -0.39 is 15.1 Å². The number of piperidine rings is 1. The average molecular weight is 312 g/mol. The van der Waals surface area contributed by atoms with Crippen LogP contribution in [0.5, 0.6) is 0 Å². The van der Waals surface area contributed by atoms with E-state index in [-0.39, 0.29) is 11.9 Å². The molecule has 94 valence electrons. The van der Waals surface area contributed by atoms with Crippen LogP contribution in [0.25, 0.3) is 0 Å². The number of alkyl halides is 1. The van der Waals surface area contributed by atoms with Gasteiger partial charge < -0.3 is 4.90 Å². The summed E-state index contributed by atoms with van der Waals surface area (Å²) in [5, 5.41) is -0.206. The topological polar surface area (TPSA) is 54.5 Å². The summed E-state index contributed by atoms with van der Waals surface area (Å²) in [4.78, 5) is 13.8. The molecule has 0 saturated carbocycles. The summed E-state index contributed by atoms with van der Waals surface area (Å²) in [6.07, 6.45) is 4.13. The van der Waals surface area contributed by atoms with Crippen molar-refractivity contribution in [2.24, 2.45) is 0 Å². The Morgan fingerprint density at radius 1 is 1.50 bits per heavy atom. The molecule has 0 aliphatic carbocycles. The minimum atomic E-state index is -3.29. The predicted molar refractivity (Wildman–Crippen MR) is 67.5 cm³/mol. The highest BCUT2D eigenvalue weighted by atomic mass is 79.9. The lowest BCUT2D eigenvalue weighted by molar-refractivity contribution is -0.133. The van der Waals surface area contributed by atoms with E-state index >= 15 is 0 Å². The number of rotatable bonds is 3.